The maximum atomic E-state index is 12.4. The lowest BCUT2D eigenvalue weighted by Gasteiger charge is -2.34. The highest BCUT2D eigenvalue weighted by molar-refractivity contribution is 5.91. The van der Waals surface area contributed by atoms with Gasteiger partial charge in [0.15, 0.2) is 11.6 Å². The first-order valence-corrected chi connectivity index (χ1v) is 7.63. The normalized spacial score (nSPS) is 22.8. The van der Waals surface area contributed by atoms with Gasteiger partial charge in [-0.15, -0.1) is 0 Å². The molecule has 126 valence electrons. The van der Waals surface area contributed by atoms with Crippen molar-refractivity contribution in [3.8, 4) is 0 Å². The first-order valence-electron chi connectivity index (χ1n) is 7.63. The highest BCUT2D eigenvalue weighted by Gasteiger charge is 2.45. The van der Waals surface area contributed by atoms with Gasteiger partial charge in [0.2, 0.25) is 0 Å². The zero-order valence-electron chi connectivity index (χ0n) is 13.1. The molecule has 0 bridgehead atoms. The third kappa shape index (κ3) is 2.20. The molecule has 1 amide bonds. The van der Waals surface area contributed by atoms with Crippen molar-refractivity contribution < 1.29 is 13.9 Å². The zero-order chi connectivity index (χ0) is 16.9. The standard InChI is InChI=1S/C15H16N4O5/c1-17-13(21)14(22)19-9-15(24-7-11(19)16-17)4-5-18(8-15)12(20)10-3-2-6-23-10/h2-3,6H,4-5,7-9H2,1H3/t15-/m0/s1. The van der Waals surface area contributed by atoms with Gasteiger partial charge in [-0.2, -0.15) is 5.10 Å². The van der Waals surface area contributed by atoms with Gasteiger partial charge in [0, 0.05) is 13.6 Å². The quantitative estimate of drug-likeness (QED) is 0.644. The van der Waals surface area contributed by atoms with E-state index in [2.05, 4.69) is 5.10 Å². The summed E-state index contributed by atoms with van der Waals surface area (Å²) in [6.07, 6.45) is 2.04. The Kier molecular flexibility index (Phi) is 3.20. The molecule has 9 heteroatoms. The molecule has 0 saturated carbocycles. The number of hydrogen-bond donors (Lipinski definition) is 0. The summed E-state index contributed by atoms with van der Waals surface area (Å²) in [4.78, 5) is 38.1. The molecule has 2 aromatic rings. The average Bonchev–Trinajstić information content (AvgIpc) is 3.24. The monoisotopic (exact) mass is 332 g/mol. The molecule has 0 N–H and O–H groups in total. The van der Waals surface area contributed by atoms with Gasteiger partial charge in [-0.05, 0) is 18.6 Å². The molecular formula is C15H16N4O5. The van der Waals surface area contributed by atoms with E-state index in [0.717, 1.165) is 4.68 Å². The molecular weight excluding hydrogens is 316 g/mol. The molecule has 4 rings (SSSR count). The van der Waals surface area contributed by atoms with Crippen molar-refractivity contribution in [2.45, 2.75) is 25.2 Å². The van der Waals surface area contributed by atoms with Crippen molar-refractivity contribution >= 4 is 5.91 Å². The van der Waals surface area contributed by atoms with Crippen LogP contribution in [0.2, 0.25) is 0 Å². The topological polar surface area (TPSA) is 99.6 Å². The summed E-state index contributed by atoms with van der Waals surface area (Å²) in [7, 11) is 1.44. The Labute approximate surface area is 136 Å². The fourth-order valence-corrected chi connectivity index (χ4v) is 3.29. The maximum Gasteiger partial charge on any atom is 0.332 e. The molecule has 9 nitrogen and oxygen atoms in total. The molecule has 2 aliphatic heterocycles. The Bertz CT molecular complexity index is 913. The van der Waals surface area contributed by atoms with E-state index in [1.54, 1.807) is 17.0 Å². The molecule has 0 unspecified atom stereocenters. The second-order valence-corrected chi connectivity index (χ2v) is 6.16. The summed E-state index contributed by atoms with van der Waals surface area (Å²) in [6, 6.07) is 3.27. The second-order valence-electron chi connectivity index (χ2n) is 6.16. The van der Waals surface area contributed by atoms with Crippen LogP contribution in [0.3, 0.4) is 0 Å². The molecule has 2 aliphatic rings. The van der Waals surface area contributed by atoms with Gasteiger partial charge in [0.25, 0.3) is 5.91 Å². The molecule has 1 fully saturated rings. The maximum absolute atomic E-state index is 12.4. The van der Waals surface area contributed by atoms with Crippen LogP contribution in [0.1, 0.15) is 22.8 Å². The fraction of sp³-hybridized carbons (Fsp3) is 0.467. The third-order valence-electron chi connectivity index (χ3n) is 4.59. The largest absolute Gasteiger partial charge is 0.459 e. The van der Waals surface area contributed by atoms with Gasteiger partial charge in [0.1, 0.15) is 12.2 Å². The lowest BCUT2D eigenvalue weighted by atomic mass is 10.0. The zero-order valence-corrected chi connectivity index (χ0v) is 13.1. The van der Waals surface area contributed by atoms with E-state index in [4.69, 9.17) is 9.15 Å². The van der Waals surface area contributed by atoms with Crippen LogP contribution in [0.15, 0.2) is 32.4 Å². The van der Waals surface area contributed by atoms with E-state index < -0.39 is 16.7 Å². The highest BCUT2D eigenvalue weighted by atomic mass is 16.5. The van der Waals surface area contributed by atoms with Crippen LogP contribution < -0.4 is 11.1 Å². The number of amides is 1. The van der Waals surface area contributed by atoms with Gasteiger partial charge in [-0.25, -0.2) is 4.68 Å². The Morgan fingerprint density at radius 1 is 1.29 bits per heavy atom. The number of hydrogen-bond acceptors (Lipinski definition) is 6. The van der Waals surface area contributed by atoms with Crippen LogP contribution in [0.25, 0.3) is 0 Å². The van der Waals surface area contributed by atoms with Crippen molar-refractivity contribution in [3.63, 3.8) is 0 Å². The number of rotatable bonds is 1. The second kappa shape index (κ2) is 5.17. The molecule has 24 heavy (non-hydrogen) atoms. The Morgan fingerprint density at radius 3 is 2.88 bits per heavy atom. The SMILES string of the molecule is Cn1nc2n(c(=O)c1=O)C[C@@]1(CCN(C(=O)c3ccco3)C1)OC2. The first-order chi connectivity index (χ1) is 11.5. The fourth-order valence-electron chi connectivity index (χ4n) is 3.29. The van der Waals surface area contributed by atoms with Crippen molar-refractivity contribution in [3.05, 3.63) is 50.7 Å². The first kappa shape index (κ1) is 14.9. The van der Waals surface area contributed by atoms with Crippen molar-refractivity contribution in [2.75, 3.05) is 13.1 Å². The lowest BCUT2D eigenvalue weighted by Crippen LogP contribution is -2.53. The molecule has 2 aromatic heterocycles. The van der Waals surface area contributed by atoms with Gasteiger partial charge in [0.05, 0.1) is 19.4 Å². The number of nitrogens with zero attached hydrogens (tertiary/aromatic N) is 4. The van der Waals surface area contributed by atoms with Crippen LogP contribution >= 0.6 is 0 Å². The molecule has 1 saturated heterocycles. The molecule has 0 aromatic carbocycles. The summed E-state index contributed by atoms with van der Waals surface area (Å²) < 4.78 is 13.5. The number of aromatic nitrogens is 3. The minimum absolute atomic E-state index is 0.131. The smallest absolute Gasteiger partial charge is 0.332 e. The van der Waals surface area contributed by atoms with Gasteiger partial charge >= 0.3 is 11.1 Å². The summed E-state index contributed by atoms with van der Waals surface area (Å²) in [5.74, 6) is 0.486. The molecule has 0 radical (unpaired) electrons. The molecule has 1 spiro atoms. The van der Waals surface area contributed by atoms with Crippen LogP contribution in [0.4, 0.5) is 0 Å². The van der Waals surface area contributed by atoms with E-state index >= 15 is 0 Å². The number of carbonyl (C=O) groups is 1. The summed E-state index contributed by atoms with van der Waals surface area (Å²) in [5.41, 5.74) is -1.95. The molecule has 1 atom stereocenters. The van der Waals surface area contributed by atoms with E-state index in [1.165, 1.54) is 17.9 Å². The molecule has 0 aliphatic carbocycles. The number of likely N-dealkylation sites (tertiary alicyclic amines) is 1. The number of aryl methyl sites for hydroxylation is 1. The van der Waals surface area contributed by atoms with E-state index in [1.807, 2.05) is 0 Å². The van der Waals surface area contributed by atoms with Crippen LogP contribution in [-0.2, 0) is 24.9 Å². The van der Waals surface area contributed by atoms with Crippen LogP contribution in [0, 0.1) is 0 Å². The van der Waals surface area contributed by atoms with Crippen molar-refractivity contribution in [2.24, 2.45) is 7.05 Å². The van der Waals surface area contributed by atoms with Gasteiger partial charge in [-0.3, -0.25) is 19.0 Å². The predicted molar refractivity (Wildman–Crippen MR) is 80.5 cm³/mol. The van der Waals surface area contributed by atoms with Crippen molar-refractivity contribution in [1.82, 2.24) is 19.2 Å². The Balaban J connectivity index is 1.61. The summed E-state index contributed by atoms with van der Waals surface area (Å²) in [6.45, 7) is 1.19. The summed E-state index contributed by atoms with van der Waals surface area (Å²) >= 11 is 0. The number of fused-ring (bicyclic) bond motifs is 1. The summed E-state index contributed by atoms with van der Waals surface area (Å²) in [5, 5.41) is 4.07. The van der Waals surface area contributed by atoms with Crippen molar-refractivity contribution in [1.29, 1.82) is 0 Å². The number of carbonyl (C=O) groups excluding carboxylic acids is 1. The number of ether oxygens (including phenoxy) is 1. The Hall–Kier alpha value is -2.68. The average molecular weight is 332 g/mol. The molecule has 4 heterocycles. The number of furan rings is 1. The van der Waals surface area contributed by atoms with Gasteiger partial charge in [-0.1, -0.05) is 0 Å². The van der Waals surface area contributed by atoms with Crippen LogP contribution in [0.5, 0.6) is 0 Å². The van der Waals surface area contributed by atoms with E-state index in [0.29, 0.717) is 25.3 Å². The lowest BCUT2D eigenvalue weighted by molar-refractivity contribution is -0.0842. The van der Waals surface area contributed by atoms with E-state index in [9.17, 15) is 14.4 Å². The van der Waals surface area contributed by atoms with E-state index in [-0.39, 0.29) is 24.8 Å². The minimum Gasteiger partial charge on any atom is -0.459 e. The Morgan fingerprint density at radius 2 is 2.12 bits per heavy atom. The van der Waals surface area contributed by atoms with Crippen LogP contribution in [-0.4, -0.2) is 43.8 Å². The minimum atomic E-state index is -0.673. The third-order valence-corrected chi connectivity index (χ3v) is 4.59. The predicted octanol–water partition coefficient (Wildman–Crippen LogP) is -0.650. The highest BCUT2D eigenvalue weighted by Crippen LogP contribution is 2.31. The van der Waals surface area contributed by atoms with Gasteiger partial charge < -0.3 is 14.1 Å².